The zero-order chi connectivity index (χ0) is 15.1. The quantitative estimate of drug-likeness (QED) is 0.328. The molecule has 110 valence electrons. The van der Waals surface area contributed by atoms with Gasteiger partial charge in [-0.2, -0.15) is 0 Å². The van der Waals surface area contributed by atoms with Crippen LogP contribution in [0.3, 0.4) is 0 Å². The first-order valence-corrected chi connectivity index (χ1v) is 6.95. The second-order valence-corrected chi connectivity index (χ2v) is 4.76. The Hall–Kier alpha value is -2.40. The molecule has 0 aliphatic heterocycles. The molecule has 0 radical (unpaired) electrons. The first kappa shape index (κ1) is 15.0. The van der Waals surface area contributed by atoms with Crippen LogP contribution < -0.4 is 11.1 Å². The molecule has 0 atom stereocenters. The van der Waals surface area contributed by atoms with Gasteiger partial charge in [-0.15, -0.1) is 0 Å². The largest absolute Gasteiger partial charge is 0.409 e. The minimum absolute atomic E-state index is 0.0215. The van der Waals surface area contributed by atoms with Crippen LogP contribution in [0.1, 0.15) is 29.3 Å². The number of nitrogens with one attached hydrogen (secondary N) is 1. The molecule has 0 aliphatic carbocycles. The normalized spacial score (nSPS) is 11.6. The Bertz CT molecular complexity index is 625. The Morgan fingerprint density at radius 1 is 1.24 bits per heavy atom. The lowest BCUT2D eigenvalue weighted by molar-refractivity contribution is 0.318. The molecule has 5 nitrogen and oxygen atoms in total. The van der Waals surface area contributed by atoms with Gasteiger partial charge in [0.15, 0.2) is 5.84 Å². The fourth-order valence-corrected chi connectivity index (χ4v) is 2.19. The predicted octanol–water partition coefficient (Wildman–Crippen LogP) is 2.03. The van der Waals surface area contributed by atoms with Crippen LogP contribution in [-0.2, 0) is 19.5 Å². The summed E-state index contributed by atoms with van der Waals surface area (Å²) in [6, 6.07) is 12.1. The summed E-state index contributed by atoms with van der Waals surface area (Å²) in [4.78, 5) is 4.06. The maximum absolute atomic E-state index is 8.67. The maximum Gasteiger partial charge on any atom is 0.188 e. The maximum atomic E-state index is 8.67. The first-order chi connectivity index (χ1) is 10.2. The van der Waals surface area contributed by atoms with Crippen molar-refractivity contribution in [3.63, 3.8) is 0 Å². The Morgan fingerprint density at radius 2 is 2.00 bits per heavy atom. The van der Waals surface area contributed by atoms with Gasteiger partial charge in [-0.3, -0.25) is 4.98 Å². The molecule has 1 aromatic heterocycles. The molecular formula is C16H20N4O. The van der Waals surface area contributed by atoms with Gasteiger partial charge >= 0.3 is 0 Å². The highest BCUT2D eigenvalue weighted by molar-refractivity contribution is 5.95. The van der Waals surface area contributed by atoms with E-state index < -0.39 is 0 Å². The molecule has 0 aliphatic rings. The van der Waals surface area contributed by atoms with Crippen LogP contribution in [0.4, 0.5) is 0 Å². The minimum atomic E-state index is 0.0215. The van der Waals surface area contributed by atoms with Crippen LogP contribution >= 0.6 is 0 Å². The van der Waals surface area contributed by atoms with Crippen molar-refractivity contribution < 1.29 is 5.21 Å². The molecule has 5 heteroatoms. The van der Waals surface area contributed by atoms with Crippen LogP contribution in [0.5, 0.6) is 0 Å². The molecule has 0 saturated heterocycles. The van der Waals surface area contributed by atoms with Gasteiger partial charge in [-0.25, -0.2) is 0 Å². The molecule has 0 amide bonds. The van der Waals surface area contributed by atoms with E-state index in [1.807, 2.05) is 12.1 Å². The fourth-order valence-electron chi connectivity index (χ4n) is 2.19. The van der Waals surface area contributed by atoms with Crippen LogP contribution in [0.25, 0.3) is 0 Å². The van der Waals surface area contributed by atoms with Crippen molar-refractivity contribution in [2.75, 3.05) is 0 Å². The number of rotatable bonds is 6. The van der Waals surface area contributed by atoms with Crippen molar-refractivity contribution in [1.82, 2.24) is 10.3 Å². The summed E-state index contributed by atoms with van der Waals surface area (Å²) in [5.74, 6) is 0.0215. The van der Waals surface area contributed by atoms with Gasteiger partial charge < -0.3 is 16.3 Å². The van der Waals surface area contributed by atoms with E-state index in [1.54, 1.807) is 6.20 Å². The van der Waals surface area contributed by atoms with Crippen molar-refractivity contribution in [3.05, 3.63) is 65.0 Å². The van der Waals surface area contributed by atoms with E-state index in [0.29, 0.717) is 12.2 Å². The molecular weight excluding hydrogens is 264 g/mol. The molecule has 2 rings (SSSR count). The van der Waals surface area contributed by atoms with Crippen LogP contribution in [0.2, 0.25) is 0 Å². The van der Waals surface area contributed by atoms with Gasteiger partial charge in [0.1, 0.15) is 5.69 Å². The van der Waals surface area contributed by atoms with Crippen LogP contribution in [0.15, 0.2) is 47.8 Å². The highest BCUT2D eigenvalue weighted by Crippen LogP contribution is 2.09. The summed E-state index contributed by atoms with van der Waals surface area (Å²) >= 11 is 0. The highest BCUT2D eigenvalue weighted by Gasteiger charge is 2.03. The van der Waals surface area contributed by atoms with E-state index in [0.717, 1.165) is 18.5 Å². The van der Waals surface area contributed by atoms with Gasteiger partial charge in [0.05, 0.1) is 0 Å². The Morgan fingerprint density at radius 3 is 2.71 bits per heavy atom. The fraction of sp³-hybridized carbons (Fsp3) is 0.250. The number of aromatic nitrogens is 1. The van der Waals surface area contributed by atoms with E-state index in [-0.39, 0.29) is 5.84 Å². The van der Waals surface area contributed by atoms with Gasteiger partial charge in [-0.05, 0) is 35.2 Å². The second kappa shape index (κ2) is 7.40. The number of nitrogens with two attached hydrogens (primary N) is 1. The van der Waals surface area contributed by atoms with E-state index >= 15 is 0 Å². The monoisotopic (exact) mass is 284 g/mol. The van der Waals surface area contributed by atoms with Crippen molar-refractivity contribution in [2.45, 2.75) is 26.4 Å². The lowest BCUT2D eigenvalue weighted by atomic mass is 10.1. The van der Waals surface area contributed by atoms with Crippen molar-refractivity contribution in [1.29, 1.82) is 0 Å². The molecule has 1 aromatic carbocycles. The summed E-state index contributed by atoms with van der Waals surface area (Å²) in [5.41, 5.74) is 9.73. The third kappa shape index (κ3) is 4.03. The van der Waals surface area contributed by atoms with E-state index in [2.05, 4.69) is 46.6 Å². The SMILES string of the molecule is CCc1ccccc1CNCc1ccnc(C(N)=NO)c1. The standard InChI is InChI=1S/C16H20N4O/c1-2-13-5-3-4-6-14(13)11-18-10-12-7-8-19-15(9-12)16(17)20-21/h3-9,18,21H,2,10-11H2,1H3,(H2,17,20). The third-order valence-corrected chi connectivity index (χ3v) is 3.34. The zero-order valence-corrected chi connectivity index (χ0v) is 12.1. The number of pyridine rings is 1. The number of nitrogens with zero attached hydrogens (tertiary/aromatic N) is 2. The van der Waals surface area contributed by atoms with Crippen molar-refractivity contribution in [3.8, 4) is 0 Å². The molecule has 21 heavy (non-hydrogen) atoms. The number of aryl methyl sites for hydroxylation is 1. The van der Waals surface area contributed by atoms with E-state index in [1.165, 1.54) is 11.1 Å². The number of amidine groups is 1. The van der Waals surface area contributed by atoms with Crippen molar-refractivity contribution >= 4 is 5.84 Å². The first-order valence-electron chi connectivity index (χ1n) is 6.95. The lowest BCUT2D eigenvalue weighted by Crippen LogP contribution is -2.17. The zero-order valence-electron chi connectivity index (χ0n) is 12.1. The summed E-state index contributed by atoms with van der Waals surface area (Å²) in [5, 5.41) is 15.0. The number of benzene rings is 1. The Balaban J connectivity index is 1.97. The van der Waals surface area contributed by atoms with E-state index in [9.17, 15) is 0 Å². The van der Waals surface area contributed by atoms with Gasteiger partial charge in [0.25, 0.3) is 0 Å². The Kier molecular flexibility index (Phi) is 5.29. The third-order valence-electron chi connectivity index (χ3n) is 3.34. The molecule has 0 fully saturated rings. The lowest BCUT2D eigenvalue weighted by Gasteiger charge is -2.09. The Labute approximate surface area is 124 Å². The molecule has 0 unspecified atom stereocenters. The molecule has 0 saturated carbocycles. The molecule has 4 N–H and O–H groups in total. The number of oxime groups is 1. The predicted molar refractivity (Wildman–Crippen MR) is 83.1 cm³/mol. The summed E-state index contributed by atoms with van der Waals surface area (Å²) in [7, 11) is 0. The minimum Gasteiger partial charge on any atom is -0.409 e. The van der Waals surface area contributed by atoms with Gasteiger partial charge in [0, 0.05) is 19.3 Å². The molecule has 2 aromatic rings. The smallest absolute Gasteiger partial charge is 0.188 e. The highest BCUT2D eigenvalue weighted by atomic mass is 16.4. The average Bonchev–Trinajstić information content (AvgIpc) is 2.55. The molecule has 1 heterocycles. The molecule has 0 spiro atoms. The number of hydrogen-bond donors (Lipinski definition) is 3. The van der Waals surface area contributed by atoms with Gasteiger partial charge in [0.2, 0.25) is 0 Å². The summed E-state index contributed by atoms with van der Waals surface area (Å²) in [6.45, 7) is 3.67. The molecule has 0 bridgehead atoms. The van der Waals surface area contributed by atoms with Gasteiger partial charge in [-0.1, -0.05) is 36.3 Å². The topological polar surface area (TPSA) is 83.5 Å². The summed E-state index contributed by atoms with van der Waals surface area (Å²) in [6.07, 6.45) is 2.69. The van der Waals surface area contributed by atoms with Crippen LogP contribution in [0, 0.1) is 0 Å². The average molecular weight is 284 g/mol. The van der Waals surface area contributed by atoms with Crippen molar-refractivity contribution in [2.24, 2.45) is 10.9 Å². The van der Waals surface area contributed by atoms with Crippen LogP contribution in [-0.4, -0.2) is 16.0 Å². The van der Waals surface area contributed by atoms with E-state index in [4.69, 9.17) is 10.9 Å². The second-order valence-electron chi connectivity index (χ2n) is 4.76. The number of hydrogen-bond acceptors (Lipinski definition) is 4. The summed E-state index contributed by atoms with van der Waals surface area (Å²) < 4.78 is 0.